The van der Waals surface area contributed by atoms with Gasteiger partial charge in [0.25, 0.3) is 0 Å². The van der Waals surface area contributed by atoms with Crippen LogP contribution in [-0.4, -0.2) is 11.5 Å². The molecule has 0 atom stereocenters. The highest BCUT2D eigenvalue weighted by molar-refractivity contribution is 5.84. The molecule has 0 fully saturated rings. The van der Waals surface area contributed by atoms with Gasteiger partial charge in [0, 0.05) is 17.6 Å². The van der Waals surface area contributed by atoms with Crippen molar-refractivity contribution >= 4 is 22.4 Å². The fourth-order valence-corrected chi connectivity index (χ4v) is 3.42. The molecule has 0 aliphatic carbocycles. The van der Waals surface area contributed by atoms with Crippen LogP contribution >= 0.6 is 0 Å². The van der Waals surface area contributed by atoms with Crippen LogP contribution in [0.1, 0.15) is 22.3 Å². The molecule has 110 valence electrons. The largest absolute Gasteiger partial charge is 0.326 e. The first-order chi connectivity index (χ1) is 10.6. The Hall–Kier alpha value is -2.35. The fourth-order valence-electron chi connectivity index (χ4n) is 3.42. The van der Waals surface area contributed by atoms with Gasteiger partial charge >= 0.3 is 0 Å². The first kappa shape index (κ1) is 13.3. The van der Waals surface area contributed by atoms with Crippen LogP contribution in [0, 0.1) is 20.8 Å². The van der Waals surface area contributed by atoms with E-state index in [1.165, 1.54) is 33.3 Å². The van der Waals surface area contributed by atoms with E-state index in [2.05, 4.69) is 68.1 Å². The number of hydrogen-bond acceptors (Lipinski definition) is 2. The summed E-state index contributed by atoms with van der Waals surface area (Å²) >= 11 is 0. The Balaban J connectivity index is 1.87. The molecule has 1 aromatic heterocycles. The summed E-state index contributed by atoms with van der Waals surface area (Å²) in [5.41, 5.74) is 7.58. The molecule has 2 heteroatoms. The minimum atomic E-state index is 1.01. The summed E-state index contributed by atoms with van der Waals surface area (Å²) in [5.74, 6) is 1.13. The number of pyridine rings is 1. The molecule has 2 aromatic carbocycles. The number of anilines is 2. The summed E-state index contributed by atoms with van der Waals surface area (Å²) in [7, 11) is 0. The van der Waals surface area contributed by atoms with Crippen molar-refractivity contribution in [2.75, 3.05) is 11.4 Å². The number of hydrogen-bond donors (Lipinski definition) is 0. The molecular weight excluding hydrogens is 268 g/mol. The number of fused-ring (bicyclic) bond motifs is 2. The zero-order valence-corrected chi connectivity index (χ0v) is 13.4. The summed E-state index contributed by atoms with van der Waals surface area (Å²) in [5, 5.41) is 1.24. The van der Waals surface area contributed by atoms with Crippen molar-refractivity contribution in [3.63, 3.8) is 0 Å². The summed E-state index contributed by atoms with van der Waals surface area (Å²) in [4.78, 5) is 7.32. The van der Waals surface area contributed by atoms with Gasteiger partial charge in [-0.3, -0.25) is 0 Å². The highest BCUT2D eigenvalue weighted by atomic mass is 15.2. The molecule has 2 heterocycles. The van der Waals surface area contributed by atoms with Crippen molar-refractivity contribution in [3.8, 4) is 0 Å². The smallest absolute Gasteiger partial charge is 0.137 e. The Morgan fingerprint density at radius 3 is 2.41 bits per heavy atom. The lowest BCUT2D eigenvalue weighted by atomic mass is 10.1. The maximum absolute atomic E-state index is 4.96. The van der Waals surface area contributed by atoms with Gasteiger partial charge in [-0.25, -0.2) is 4.98 Å². The third-order valence-electron chi connectivity index (χ3n) is 4.41. The molecule has 0 saturated heterocycles. The van der Waals surface area contributed by atoms with E-state index in [0.29, 0.717) is 0 Å². The lowest BCUT2D eigenvalue weighted by Crippen LogP contribution is -2.14. The Kier molecular flexibility index (Phi) is 2.93. The van der Waals surface area contributed by atoms with Gasteiger partial charge in [0.2, 0.25) is 0 Å². The molecule has 1 aliphatic rings. The topological polar surface area (TPSA) is 16.1 Å². The van der Waals surface area contributed by atoms with Crippen LogP contribution in [0.4, 0.5) is 11.5 Å². The summed E-state index contributed by atoms with van der Waals surface area (Å²) < 4.78 is 0. The minimum absolute atomic E-state index is 1.01. The normalized spacial score (nSPS) is 13.7. The SMILES string of the molecule is Cc1cc(C)cc(N2CCc3cc4ccc(C)cc4nc32)c1. The van der Waals surface area contributed by atoms with Crippen LogP contribution < -0.4 is 4.90 Å². The number of aryl methyl sites for hydroxylation is 3. The van der Waals surface area contributed by atoms with Crippen molar-refractivity contribution in [1.29, 1.82) is 0 Å². The lowest BCUT2D eigenvalue weighted by molar-refractivity contribution is 0.989. The molecule has 22 heavy (non-hydrogen) atoms. The first-order valence-corrected chi connectivity index (χ1v) is 7.86. The minimum Gasteiger partial charge on any atom is -0.326 e. The van der Waals surface area contributed by atoms with E-state index in [0.717, 1.165) is 24.3 Å². The second-order valence-electron chi connectivity index (χ2n) is 6.41. The second kappa shape index (κ2) is 4.84. The standard InChI is InChI=1S/C20H20N2/c1-13-4-5-16-12-17-6-7-22(20(17)21-19(16)11-13)18-9-14(2)8-15(3)10-18/h4-5,8-12H,6-7H2,1-3H3. The van der Waals surface area contributed by atoms with E-state index in [9.17, 15) is 0 Å². The average Bonchev–Trinajstić information content (AvgIpc) is 2.86. The number of aromatic nitrogens is 1. The molecule has 0 unspecified atom stereocenters. The van der Waals surface area contributed by atoms with Gasteiger partial charge in [0.1, 0.15) is 5.82 Å². The van der Waals surface area contributed by atoms with Crippen molar-refractivity contribution in [2.24, 2.45) is 0 Å². The van der Waals surface area contributed by atoms with E-state index in [-0.39, 0.29) is 0 Å². The average molecular weight is 288 g/mol. The van der Waals surface area contributed by atoms with Crippen LogP contribution in [0.15, 0.2) is 42.5 Å². The van der Waals surface area contributed by atoms with Crippen LogP contribution in [-0.2, 0) is 6.42 Å². The Bertz CT molecular complexity index is 860. The summed E-state index contributed by atoms with van der Waals surface area (Å²) in [6.07, 6.45) is 1.07. The van der Waals surface area contributed by atoms with Crippen LogP contribution in [0.2, 0.25) is 0 Å². The van der Waals surface area contributed by atoms with E-state index in [1.807, 2.05) is 0 Å². The van der Waals surface area contributed by atoms with Crippen LogP contribution in [0.3, 0.4) is 0 Å². The molecule has 4 rings (SSSR count). The third kappa shape index (κ3) is 2.16. The summed E-state index contributed by atoms with van der Waals surface area (Å²) in [6.45, 7) is 7.45. The third-order valence-corrected chi connectivity index (χ3v) is 4.41. The maximum Gasteiger partial charge on any atom is 0.137 e. The Morgan fingerprint density at radius 2 is 1.64 bits per heavy atom. The van der Waals surface area contributed by atoms with Crippen LogP contribution in [0.5, 0.6) is 0 Å². The second-order valence-corrected chi connectivity index (χ2v) is 6.41. The van der Waals surface area contributed by atoms with Crippen molar-refractivity contribution in [1.82, 2.24) is 4.98 Å². The number of rotatable bonds is 1. The molecule has 0 radical (unpaired) electrons. The molecule has 3 aromatic rings. The quantitative estimate of drug-likeness (QED) is 0.636. The Morgan fingerprint density at radius 1 is 0.864 bits per heavy atom. The van der Waals surface area contributed by atoms with Gasteiger partial charge < -0.3 is 4.90 Å². The van der Waals surface area contributed by atoms with Crippen molar-refractivity contribution in [3.05, 3.63) is 64.7 Å². The van der Waals surface area contributed by atoms with Crippen molar-refractivity contribution < 1.29 is 0 Å². The lowest BCUT2D eigenvalue weighted by Gasteiger charge is -2.20. The zero-order chi connectivity index (χ0) is 15.3. The van der Waals surface area contributed by atoms with Crippen LogP contribution in [0.25, 0.3) is 10.9 Å². The first-order valence-electron chi connectivity index (χ1n) is 7.86. The van der Waals surface area contributed by atoms with E-state index < -0.39 is 0 Å². The molecule has 0 saturated carbocycles. The predicted molar refractivity (Wildman–Crippen MR) is 93.1 cm³/mol. The van der Waals surface area contributed by atoms with Gasteiger partial charge in [-0.05, 0) is 73.7 Å². The number of nitrogens with zero attached hydrogens (tertiary/aromatic N) is 2. The highest BCUT2D eigenvalue weighted by Gasteiger charge is 2.23. The number of benzene rings is 2. The van der Waals surface area contributed by atoms with Crippen molar-refractivity contribution in [2.45, 2.75) is 27.2 Å². The molecular formula is C20H20N2. The van der Waals surface area contributed by atoms with Gasteiger partial charge in [0.15, 0.2) is 0 Å². The summed E-state index contributed by atoms with van der Waals surface area (Å²) in [6, 6.07) is 15.5. The van der Waals surface area contributed by atoms with Gasteiger partial charge in [-0.15, -0.1) is 0 Å². The molecule has 0 bridgehead atoms. The van der Waals surface area contributed by atoms with Gasteiger partial charge in [-0.2, -0.15) is 0 Å². The van der Waals surface area contributed by atoms with Gasteiger partial charge in [-0.1, -0.05) is 18.2 Å². The molecule has 1 aliphatic heterocycles. The molecule has 0 N–H and O–H groups in total. The van der Waals surface area contributed by atoms with E-state index >= 15 is 0 Å². The maximum atomic E-state index is 4.96. The predicted octanol–water partition coefficient (Wildman–Crippen LogP) is 4.85. The Labute approximate surface area is 131 Å². The molecule has 0 spiro atoms. The molecule has 0 amide bonds. The zero-order valence-electron chi connectivity index (χ0n) is 13.4. The fraction of sp³-hybridized carbons (Fsp3) is 0.250. The monoisotopic (exact) mass is 288 g/mol. The van der Waals surface area contributed by atoms with E-state index in [4.69, 9.17) is 4.98 Å². The van der Waals surface area contributed by atoms with Gasteiger partial charge in [0.05, 0.1) is 5.52 Å². The highest BCUT2D eigenvalue weighted by Crippen LogP contribution is 2.35. The molecule has 2 nitrogen and oxygen atoms in total. The van der Waals surface area contributed by atoms with E-state index in [1.54, 1.807) is 0 Å².